The molecule has 0 radical (unpaired) electrons. The highest BCUT2D eigenvalue weighted by atomic mass is 32.2. The Kier molecular flexibility index (Phi) is 5.09. The summed E-state index contributed by atoms with van der Waals surface area (Å²) in [6.45, 7) is 0.598. The highest BCUT2D eigenvalue weighted by Gasteiger charge is 2.21. The van der Waals surface area contributed by atoms with E-state index in [1.54, 1.807) is 6.07 Å². The smallest absolute Gasteiger partial charge is 0.290 e. The largest absolute Gasteiger partial charge is 0.368 e. The molecule has 1 saturated heterocycles. The lowest BCUT2D eigenvalue weighted by molar-refractivity contribution is -0.129. The van der Waals surface area contributed by atoms with Crippen molar-refractivity contribution in [2.75, 3.05) is 11.9 Å². The molecule has 0 spiro atoms. The van der Waals surface area contributed by atoms with Crippen LogP contribution in [0.4, 0.5) is 14.5 Å². The van der Waals surface area contributed by atoms with Crippen molar-refractivity contribution in [3.63, 3.8) is 0 Å². The van der Waals surface area contributed by atoms with Gasteiger partial charge in [-0.05, 0) is 43.2 Å². The van der Waals surface area contributed by atoms with Crippen LogP contribution in [0.2, 0.25) is 0 Å². The summed E-state index contributed by atoms with van der Waals surface area (Å²) in [5.41, 5.74) is 0.484. The molecule has 2 rings (SSSR count). The van der Waals surface area contributed by atoms with Crippen molar-refractivity contribution in [2.24, 2.45) is 0 Å². The van der Waals surface area contributed by atoms with Gasteiger partial charge in [0.1, 0.15) is 11.1 Å². The number of amides is 1. The van der Waals surface area contributed by atoms with Crippen molar-refractivity contribution in [1.29, 1.82) is 0 Å². The lowest BCUT2D eigenvalue weighted by Crippen LogP contribution is -2.33. The number of pyridine rings is 1. The number of nitrogens with zero attached hydrogens (tertiary/aromatic N) is 1. The van der Waals surface area contributed by atoms with Crippen LogP contribution in [-0.2, 0) is 9.53 Å². The van der Waals surface area contributed by atoms with Gasteiger partial charge in [0.05, 0.1) is 11.9 Å². The van der Waals surface area contributed by atoms with Crippen LogP contribution < -0.4 is 5.32 Å². The summed E-state index contributed by atoms with van der Waals surface area (Å²) >= 11 is 0.372. The van der Waals surface area contributed by atoms with E-state index < -0.39 is 11.9 Å². The van der Waals surface area contributed by atoms with Gasteiger partial charge in [0.2, 0.25) is 0 Å². The second-order valence-electron chi connectivity index (χ2n) is 4.11. The van der Waals surface area contributed by atoms with Crippen LogP contribution in [0.5, 0.6) is 0 Å². The number of aromatic nitrogens is 1. The number of halogens is 2. The number of anilines is 1. The minimum Gasteiger partial charge on any atom is -0.368 e. The molecule has 0 unspecified atom stereocenters. The fourth-order valence-corrected chi connectivity index (χ4v) is 2.23. The van der Waals surface area contributed by atoms with Crippen LogP contribution in [0.15, 0.2) is 23.4 Å². The molecular weight excluding hydrogens is 274 g/mol. The topological polar surface area (TPSA) is 51.2 Å². The lowest BCUT2D eigenvalue weighted by Gasteiger charge is -2.21. The van der Waals surface area contributed by atoms with E-state index in [1.807, 2.05) is 0 Å². The third-order valence-corrected chi connectivity index (χ3v) is 3.35. The van der Waals surface area contributed by atoms with Gasteiger partial charge >= 0.3 is 0 Å². The summed E-state index contributed by atoms with van der Waals surface area (Å²) in [6, 6.07) is 3.01. The monoisotopic (exact) mass is 288 g/mol. The normalized spacial score (nSPS) is 19.4. The Morgan fingerprint density at radius 2 is 2.32 bits per heavy atom. The van der Waals surface area contributed by atoms with Gasteiger partial charge in [-0.3, -0.25) is 4.79 Å². The number of hydrogen-bond donors (Lipinski definition) is 1. The first-order valence-corrected chi connectivity index (χ1v) is 6.86. The van der Waals surface area contributed by atoms with Gasteiger partial charge in [-0.15, -0.1) is 0 Å². The molecule has 1 aromatic heterocycles. The maximum Gasteiger partial charge on any atom is 0.290 e. The van der Waals surface area contributed by atoms with Crippen molar-refractivity contribution < 1.29 is 18.3 Å². The second kappa shape index (κ2) is 6.81. The van der Waals surface area contributed by atoms with E-state index in [4.69, 9.17) is 4.74 Å². The SMILES string of the molecule is O=C(Nc1ccc(SC(F)F)nc1)[C@@H]1CCCCO1. The Labute approximate surface area is 113 Å². The zero-order valence-corrected chi connectivity index (χ0v) is 11.0. The molecule has 1 aliphatic heterocycles. The molecule has 104 valence electrons. The molecule has 2 heterocycles. The first kappa shape index (κ1) is 14.2. The van der Waals surface area contributed by atoms with E-state index in [-0.39, 0.29) is 10.9 Å². The van der Waals surface area contributed by atoms with Crippen molar-refractivity contribution in [1.82, 2.24) is 4.98 Å². The van der Waals surface area contributed by atoms with Gasteiger partial charge in [-0.1, -0.05) is 0 Å². The molecule has 0 aromatic carbocycles. The third kappa shape index (κ3) is 4.43. The van der Waals surface area contributed by atoms with Crippen molar-refractivity contribution >= 4 is 23.4 Å². The molecule has 1 aromatic rings. The Bertz CT molecular complexity index is 422. The Morgan fingerprint density at radius 3 is 2.89 bits per heavy atom. The zero-order valence-electron chi connectivity index (χ0n) is 10.1. The van der Waals surface area contributed by atoms with Gasteiger partial charge < -0.3 is 10.1 Å². The van der Waals surface area contributed by atoms with E-state index in [9.17, 15) is 13.6 Å². The first-order chi connectivity index (χ1) is 9.15. The summed E-state index contributed by atoms with van der Waals surface area (Å²) < 4.78 is 29.6. The van der Waals surface area contributed by atoms with Gasteiger partial charge in [-0.25, -0.2) is 4.98 Å². The fourth-order valence-electron chi connectivity index (χ4n) is 1.79. The lowest BCUT2D eigenvalue weighted by atomic mass is 10.1. The van der Waals surface area contributed by atoms with Crippen molar-refractivity contribution in [2.45, 2.75) is 36.1 Å². The van der Waals surface area contributed by atoms with E-state index in [0.29, 0.717) is 30.5 Å². The average Bonchev–Trinajstić information content (AvgIpc) is 2.41. The van der Waals surface area contributed by atoms with Crippen molar-refractivity contribution in [3.05, 3.63) is 18.3 Å². The number of carbonyl (C=O) groups excluding carboxylic acids is 1. The number of hydrogen-bond acceptors (Lipinski definition) is 4. The number of alkyl halides is 2. The number of ether oxygens (including phenoxy) is 1. The van der Waals surface area contributed by atoms with Crippen LogP contribution in [0.3, 0.4) is 0 Å². The van der Waals surface area contributed by atoms with Gasteiger partial charge in [-0.2, -0.15) is 8.78 Å². The molecule has 0 bridgehead atoms. The van der Waals surface area contributed by atoms with Crippen molar-refractivity contribution in [3.8, 4) is 0 Å². The Balaban J connectivity index is 1.89. The molecule has 1 amide bonds. The first-order valence-electron chi connectivity index (χ1n) is 5.98. The van der Waals surface area contributed by atoms with E-state index in [2.05, 4.69) is 10.3 Å². The molecule has 4 nitrogen and oxygen atoms in total. The van der Waals surface area contributed by atoms with E-state index in [0.717, 1.165) is 12.8 Å². The molecule has 1 N–H and O–H groups in total. The predicted molar refractivity (Wildman–Crippen MR) is 68.3 cm³/mol. The van der Waals surface area contributed by atoms with Crippen LogP contribution in [0.1, 0.15) is 19.3 Å². The van der Waals surface area contributed by atoms with Crippen LogP contribution >= 0.6 is 11.8 Å². The van der Waals surface area contributed by atoms with Crippen LogP contribution in [0.25, 0.3) is 0 Å². The van der Waals surface area contributed by atoms with Crippen LogP contribution in [0, 0.1) is 0 Å². The summed E-state index contributed by atoms with van der Waals surface area (Å²) in [5.74, 6) is -2.71. The van der Waals surface area contributed by atoms with E-state index >= 15 is 0 Å². The molecule has 1 atom stereocenters. The van der Waals surface area contributed by atoms with Crippen LogP contribution in [-0.4, -0.2) is 29.4 Å². The Hall–Kier alpha value is -1.21. The third-order valence-electron chi connectivity index (χ3n) is 2.69. The molecule has 19 heavy (non-hydrogen) atoms. The summed E-state index contributed by atoms with van der Waals surface area (Å²) in [7, 11) is 0. The second-order valence-corrected chi connectivity index (χ2v) is 5.12. The number of thioether (sulfide) groups is 1. The zero-order chi connectivity index (χ0) is 13.7. The van der Waals surface area contributed by atoms with Gasteiger partial charge in [0.15, 0.2) is 0 Å². The van der Waals surface area contributed by atoms with Gasteiger partial charge in [0.25, 0.3) is 11.7 Å². The predicted octanol–water partition coefficient (Wildman–Crippen LogP) is 2.90. The molecule has 0 saturated carbocycles. The maximum atomic E-state index is 12.1. The van der Waals surface area contributed by atoms with Gasteiger partial charge in [0, 0.05) is 6.61 Å². The molecule has 1 aliphatic rings. The molecule has 1 fully saturated rings. The minimum absolute atomic E-state index is 0.212. The fraction of sp³-hybridized carbons (Fsp3) is 0.500. The number of nitrogens with one attached hydrogen (secondary N) is 1. The summed E-state index contributed by atoms with van der Waals surface area (Å²) in [6.07, 6.45) is 3.60. The maximum absolute atomic E-state index is 12.1. The number of carbonyl (C=O) groups is 1. The Morgan fingerprint density at radius 1 is 1.47 bits per heavy atom. The molecule has 0 aliphatic carbocycles. The summed E-state index contributed by atoms with van der Waals surface area (Å²) in [5, 5.41) is 2.89. The molecular formula is C12H14F2N2O2S. The number of rotatable bonds is 4. The molecule has 7 heteroatoms. The summed E-state index contributed by atoms with van der Waals surface area (Å²) in [4.78, 5) is 15.7. The standard InChI is InChI=1S/C12H14F2N2O2S/c13-12(14)19-10-5-4-8(7-15-10)16-11(17)9-3-1-2-6-18-9/h4-5,7,9,12H,1-3,6H2,(H,16,17)/t9-/m0/s1. The quantitative estimate of drug-likeness (QED) is 0.866. The van der Waals surface area contributed by atoms with E-state index in [1.165, 1.54) is 12.3 Å². The minimum atomic E-state index is -2.50. The highest BCUT2D eigenvalue weighted by Crippen LogP contribution is 2.24. The average molecular weight is 288 g/mol. The highest BCUT2D eigenvalue weighted by molar-refractivity contribution is 7.99.